The van der Waals surface area contributed by atoms with E-state index in [9.17, 15) is 4.79 Å². The molecule has 0 bridgehead atoms. The van der Waals surface area contributed by atoms with Crippen LogP contribution in [0.2, 0.25) is 0 Å². The van der Waals surface area contributed by atoms with Crippen LogP contribution in [-0.2, 0) is 14.3 Å². The predicted molar refractivity (Wildman–Crippen MR) is 65.7 cm³/mol. The minimum Gasteiger partial charge on any atom is -0.383 e. The molecule has 17 heavy (non-hydrogen) atoms. The Morgan fingerprint density at radius 2 is 2.06 bits per heavy atom. The quantitative estimate of drug-likeness (QED) is 0.664. The lowest BCUT2D eigenvalue weighted by Gasteiger charge is -2.28. The van der Waals surface area contributed by atoms with Crippen molar-refractivity contribution in [2.45, 2.75) is 50.9 Å². The van der Waals surface area contributed by atoms with Crippen LogP contribution < -0.4 is 11.1 Å². The van der Waals surface area contributed by atoms with Crippen LogP contribution in [0.25, 0.3) is 0 Å². The number of amides is 1. The van der Waals surface area contributed by atoms with Crippen molar-refractivity contribution in [2.75, 3.05) is 20.3 Å². The molecular formula is C12H24N2O3. The Balaban J connectivity index is 2.19. The molecule has 5 heteroatoms. The summed E-state index contributed by atoms with van der Waals surface area (Å²) in [6.45, 7) is 2.84. The van der Waals surface area contributed by atoms with Crippen LogP contribution in [0.1, 0.15) is 32.6 Å². The Bertz CT molecular complexity index is 228. The third-order valence-corrected chi connectivity index (χ3v) is 3.09. The van der Waals surface area contributed by atoms with Gasteiger partial charge in [0.15, 0.2) is 0 Å². The fourth-order valence-electron chi connectivity index (χ4n) is 2.00. The van der Waals surface area contributed by atoms with Crippen molar-refractivity contribution in [3.8, 4) is 0 Å². The summed E-state index contributed by atoms with van der Waals surface area (Å²) in [6.07, 6.45) is 3.67. The summed E-state index contributed by atoms with van der Waals surface area (Å²) >= 11 is 0. The van der Waals surface area contributed by atoms with E-state index in [0.717, 1.165) is 25.7 Å². The normalized spacial score (nSPS) is 26.5. The minimum atomic E-state index is -0.397. The molecule has 0 aromatic heterocycles. The van der Waals surface area contributed by atoms with Crippen molar-refractivity contribution in [2.24, 2.45) is 5.73 Å². The molecule has 1 fully saturated rings. The van der Waals surface area contributed by atoms with Crippen LogP contribution in [0.15, 0.2) is 0 Å². The van der Waals surface area contributed by atoms with E-state index in [1.54, 1.807) is 14.0 Å². The third-order valence-electron chi connectivity index (χ3n) is 3.09. The summed E-state index contributed by atoms with van der Waals surface area (Å²) < 4.78 is 10.6. The van der Waals surface area contributed by atoms with E-state index in [1.807, 2.05) is 0 Å². The Labute approximate surface area is 103 Å². The van der Waals surface area contributed by atoms with Crippen molar-refractivity contribution < 1.29 is 14.3 Å². The van der Waals surface area contributed by atoms with Crippen LogP contribution in [0.5, 0.6) is 0 Å². The zero-order valence-corrected chi connectivity index (χ0v) is 10.8. The van der Waals surface area contributed by atoms with E-state index in [1.165, 1.54) is 0 Å². The standard InChI is InChI=1S/C12H24N2O3/c1-9(12(15)14-7-8-16-2)17-11-5-3-10(13)4-6-11/h9-11H,3-8,13H2,1-2H3,(H,14,15). The molecule has 1 unspecified atom stereocenters. The fraction of sp³-hybridized carbons (Fsp3) is 0.917. The maximum Gasteiger partial charge on any atom is 0.248 e. The van der Waals surface area contributed by atoms with Gasteiger partial charge in [-0.15, -0.1) is 0 Å². The van der Waals surface area contributed by atoms with E-state index in [-0.39, 0.29) is 12.0 Å². The van der Waals surface area contributed by atoms with Gasteiger partial charge in [-0.1, -0.05) is 0 Å². The number of hydrogen-bond acceptors (Lipinski definition) is 4. The smallest absolute Gasteiger partial charge is 0.248 e. The van der Waals surface area contributed by atoms with Crippen LogP contribution in [-0.4, -0.2) is 44.4 Å². The highest BCUT2D eigenvalue weighted by Crippen LogP contribution is 2.20. The summed E-state index contributed by atoms with van der Waals surface area (Å²) in [5.74, 6) is -0.0723. The second-order valence-corrected chi connectivity index (χ2v) is 4.60. The molecule has 1 atom stereocenters. The van der Waals surface area contributed by atoms with E-state index in [0.29, 0.717) is 19.2 Å². The lowest BCUT2D eigenvalue weighted by Crippen LogP contribution is -2.40. The Morgan fingerprint density at radius 1 is 1.41 bits per heavy atom. The van der Waals surface area contributed by atoms with Crippen molar-refractivity contribution >= 4 is 5.91 Å². The van der Waals surface area contributed by atoms with Crippen molar-refractivity contribution in [1.82, 2.24) is 5.32 Å². The largest absolute Gasteiger partial charge is 0.383 e. The molecule has 100 valence electrons. The predicted octanol–water partition coefficient (Wildman–Crippen LogP) is 0.424. The Kier molecular flexibility index (Phi) is 6.47. The molecule has 0 heterocycles. The number of rotatable bonds is 6. The average molecular weight is 244 g/mol. The average Bonchev–Trinajstić information content (AvgIpc) is 2.32. The molecule has 1 rings (SSSR count). The molecule has 0 aromatic rings. The second kappa shape index (κ2) is 7.63. The summed E-state index contributed by atoms with van der Waals surface area (Å²) in [4.78, 5) is 11.6. The van der Waals surface area contributed by atoms with Crippen LogP contribution in [0, 0.1) is 0 Å². The zero-order chi connectivity index (χ0) is 12.7. The van der Waals surface area contributed by atoms with Crippen LogP contribution >= 0.6 is 0 Å². The second-order valence-electron chi connectivity index (χ2n) is 4.60. The summed E-state index contributed by atoms with van der Waals surface area (Å²) in [5, 5.41) is 2.77. The van der Waals surface area contributed by atoms with E-state index >= 15 is 0 Å². The molecule has 0 radical (unpaired) electrons. The van der Waals surface area contributed by atoms with Gasteiger partial charge in [-0.05, 0) is 32.6 Å². The van der Waals surface area contributed by atoms with Crippen LogP contribution in [0.3, 0.4) is 0 Å². The van der Waals surface area contributed by atoms with Gasteiger partial charge in [0.2, 0.25) is 5.91 Å². The van der Waals surface area contributed by atoms with Gasteiger partial charge >= 0.3 is 0 Å². The summed E-state index contributed by atoms with van der Waals surface area (Å²) in [7, 11) is 1.61. The first-order valence-corrected chi connectivity index (χ1v) is 6.31. The number of methoxy groups -OCH3 is 1. The van der Waals surface area contributed by atoms with Gasteiger partial charge in [0.1, 0.15) is 6.10 Å². The van der Waals surface area contributed by atoms with Crippen molar-refractivity contribution in [3.05, 3.63) is 0 Å². The Morgan fingerprint density at radius 3 is 2.65 bits per heavy atom. The first-order chi connectivity index (χ1) is 8.13. The van der Waals surface area contributed by atoms with Gasteiger partial charge in [0.05, 0.1) is 12.7 Å². The lowest BCUT2D eigenvalue weighted by atomic mass is 9.93. The zero-order valence-electron chi connectivity index (χ0n) is 10.8. The lowest BCUT2D eigenvalue weighted by molar-refractivity contribution is -0.136. The number of carbonyl (C=O) groups excluding carboxylic acids is 1. The number of hydrogen-bond donors (Lipinski definition) is 2. The molecule has 1 aliphatic rings. The van der Waals surface area contributed by atoms with E-state index < -0.39 is 6.10 Å². The van der Waals surface area contributed by atoms with E-state index in [4.69, 9.17) is 15.2 Å². The number of nitrogens with two attached hydrogens (primary N) is 1. The van der Waals surface area contributed by atoms with Gasteiger partial charge in [-0.3, -0.25) is 4.79 Å². The Hall–Kier alpha value is -0.650. The summed E-state index contributed by atoms with van der Waals surface area (Å²) in [6, 6.07) is 0.306. The molecule has 3 N–H and O–H groups in total. The highest BCUT2D eigenvalue weighted by atomic mass is 16.5. The number of nitrogens with one attached hydrogen (secondary N) is 1. The monoisotopic (exact) mass is 244 g/mol. The minimum absolute atomic E-state index is 0.0723. The molecule has 0 spiro atoms. The van der Waals surface area contributed by atoms with Crippen molar-refractivity contribution in [1.29, 1.82) is 0 Å². The molecular weight excluding hydrogens is 220 g/mol. The summed E-state index contributed by atoms with van der Waals surface area (Å²) in [5.41, 5.74) is 5.82. The highest BCUT2D eigenvalue weighted by Gasteiger charge is 2.23. The van der Waals surface area contributed by atoms with Gasteiger partial charge in [-0.25, -0.2) is 0 Å². The fourth-order valence-corrected chi connectivity index (χ4v) is 2.00. The molecule has 0 aliphatic heterocycles. The molecule has 5 nitrogen and oxygen atoms in total. The number of ether oxygens (including phenoxy) is 2. The topological polar surface area (TPSA) is 73.6 Å². The number of carbonyl (C=O) groups is 1. The van der Waals surface area contributed by atoms with Crippen molar-refractivity contribution in [3.63, 3.8) is 0 Å². The highest BCUT2D eigenvalue weighted by molar-refractivity contribution is 5.80. The maximum atomic E-state index is 11.6. The molecule has 1 amide bonds. The third kappa shape index (κ3) is 5.48. The molecule has 1 saturated carbocycles. The van der Waals surface area contributed by atoms with Gasteiger partial charge in [0, 0.05) is 19.7 Å². The van der Waals surface area contributed by atoms with Gasteiger partial charge < -0.3 is 20.5 Å². The maximum absolute atomic E-state index is 11.6. The SMILES string of the molecule is COCCNC(=O)C(C)OC1CCC(N)CC1. The van der Waals surface area contributed by atoms with E-state index in [2.05, 4.69) is 5.32 Å². The van der Waals surface area contributed by atoms with Gasteiger partial charge in [0.25, 0.3) is 0 Å². The molecule has 1 aliphatic carbocycles. The van der Waals surface area contributed by atoms with Crippen LogP contribution in [0.4, 0.5) is 0 Å². The molecule has 0 saturated heterocycles. The first-order valence-electron chi connectivity index (χ1n) is 6.31. The molecule has 0 aromatic carbocycles. The van der Waals surface area contributed by atoms with Gasteiger partial charge in [-0.2, -0.15) is 0 Å². The first kappa shape index (κ1) is 14.4.